The largest absolute Gasteiger partial charge is 0.497 e. The molecular weight excluding hydrogens is 314 g/mol. The van der Waals surface area contributed by atoms with Crippen LogP contribution in [0.2, 0.25) is 0 Å². The average molecular weight is 335 g/mol. The fraction of sp³-hybridized carbons (Fsp3) is 0.200. The van der Waals surface area contributed by atoms with Gasteiger partial charge < -0.3 is 14.8 Å². The molecule has 0 radical (unpaired) electrons. The van der Waals surface area contributed by atoms with Gasteiger partial charge in [-0.1, -0.05) is 12.1 Å². The van der Waals surface area contributed by atoms with Crippen LogP contribution in [0.25, 0.3) is 11.3 Å². The zero-order valence-corrected chi connectivity index (χ0v) is 14.4. The van der Waals surface area contributed by atoms with Crippen molar-refractivity contribution in [3.8, 4) is 22.8 Å². The fourth-order valence-electron chi connectivity index (χ4n) is 2.50. The number of hydrogen-bond donors (Lipinski definition) is 1. The standard InChI is InChI=1S/C20H21N3O2/c1-24-17-7-3-15(4-8-17)11-12-21-20-13-19(22-14-23-20)16-5-9-18(25-2)10-6-16/h3-10,13-14H,11-12H2,1-2H3,(H,21,22,23). The lowest BCUT2D eigenvalue weighted by molar-refractivity contribution is 0.414. The maximum Gasteiger partial charge on any atom is 0.129 e. The summed E-state index contributed by atoms with van der Waals surface area (Å²) in [6.45, 7) is 0.797. The molecule has 0 atom stereocenters. The smallest absolute Gasteiger partial charge is 0.129 e. The van der Waals surface area contributed by atoms with Crippen LogP contribution < -0.4 is 14.8 Å². The van der Waals surface area contributed by atoms with E-state index in [1.165, 1.54) is 5.56 Å². The first-order valence-electron chi connectivity index (χ1n) is 8.12. The average Bonchev–Trinajstić information content (AvgIpc) is 2.69. The maximum absolute atomic E-state index is 5.19. The minimum absolute atomic E-state index is 0.797. The van der Waals surface area contributed by atoms with E-state index in [1.54, 1.807) is 20.5 Å². The molecule has 1 aromatic heterocycles. The number of benzene rings is 2. The van der Waals surface area contributed by atoms with Crippen molar-refractivity contribution in [3.05, 3.63) is 66.5 Å². The molecule has 0 aliphatic rings. The van der Waals surface area contributed by atoms with E-state index >= 15 is 0 Å². The predicted octanol–water partition coefficient (Wildman–Crippen LogP) is 3.82. The van der Waals surface area contributed by atoms with Gasteiger partial charge in [0.05, 0.1) is 19.9 Å². The molecule has 0 saturated carbocycles. The Labute approximate surface area is 147 Å². The third kappa shape index (κ3) is 4.47. The number of methoxy groups -OCH3 is 2. The Morgan fingerprint density at radius 2 is 1.48 bits per heavy atom. The van der Waals surface area contributed by atoms with Crippen molar-refractivity contribution in [1.29, 1.82) is 0 Å². The molecule has 0 fully saturated rings. The molecule has 5 heteroatoms. The van der Waals surface area contributed by atoms with Gasteiger partial charge >= 0.3 is 0 Å². The Balaban J connectivity index is 1.60. The Morgan fingerprint density at radius 3 is 2.12 bits per heavy atom. The van der Waals surface area contributed by atoms with E-state index in [4.69, 9.17) is 9.47 Å². The molecular formula is C20H21N3O2. The summed E-state index contributed by atoms with van der Waals surface area (Å²) in [7, 11) is 3.33. The van der Waals surface area contributed by atoms with Gasteiger partial charge in [0.1, 0.15) is 23.6 Å². The Hall–Kier alpha value is -3.08. The highest BCUT2D eigenvalue weighted by Crippen LogP contribution is 2.21. The van der Waals surface area contributed by atoms with Crippen LogP contribution in [0.4, 0.5) is 5.82 Å². The van der Waals surface area contributed by atoms with E-state index in [2.05, 4.69) is 27.4 Å². The maximum atomic E-state index is 5.19. The quantitative estimate of drug-likeness (QED) is 0.711. The second-order valence-electron chi connectivity index (χ2n) is 5.54. The lowest BCUT2D eigenvalue weighted by atomic mass is 10.1. The summed E-state index contributed by atoms with van der Waals surface area (Å²) in [5.41, 5.74) is 3.16. The Bertz CT molecular complexity index is 802. The van der Waals surface area contributed by atoms with Crippen LogP contribution in [-0.2, 0) is 6.42 Å². The molecule has 0 aliphatic heterocycles. The van der Waals surface area contributed by atoms with Crippen molar-refractivity contribution in [3.63, 3.8) is 0 Å². The van der Waals surface area contributed by atoms with Crippen molar-refractivity contribution < 1.29 is 9.47 Å². The van der Waals surface area contributed by atoms with Crippen LogP contribution in [-0.4, -0.2) is 30.7 Å². The molecule has 0 unspecified atom stereocenters. The number of anilines is 1. The zero-order valence-electron chi connectivity index (χ0n) is 14.4. The lowest BCUT2D eigenvalue weighted by Gasteiger charge is -2.08. The molecule has 0 saturated heterocycles. The van der Waals surface area contributed by atoms with Crippen LogP contribution in [0.1, 0.15) is 5.56 Å². The molecule has 0 aliphatic carbocycles. The zero-order chi connectivity index (χ0) is 17.5. The third-order valence-electron chi connectivity index (χ3n) is 3.93. The number of aromatic nitrogens is 2. The van der Waals surface area contributed by atoms with E-state index < -0.39 is 0 Å². The molecule has 5 nitrogen and oxygen atoms in total. The van der Waals surface area contributed by atoms with E-state index in [0.717, 1.165) is 41.5 Å². The van der Waals surface area contributed by atoms with Crippen LogP contribution in [0.5, 0.6) is 11.5 Å². The summed E-state index contributed by atoms with van der Waals surface area (Å²) < 4.78 is 10.4. The molecule has 2 aromatic carbocycles. The van der Waals surface area contributed by atoms with Crippen LogP contribution in [0.15, 0.2) is 60.9 Å². The van der Waals surface area contributed by atoms with Crippen molar-refractivity contribution in [2.24, 2.45) is 0 Å². The first kappa shape index (κ1) is 16.8. The highest BCUT2D eigenvalue weighted by Gasteiger charge is 2.03. The summed E-state index contributed by atoms with van der Waals surface area (Å²) in [6.07, 6.45) is 2.49. The SMILES string of the molecule is COc1ccc(CCNc2cc(-c3ccc(OC)cc3)ncn2)cc1. The van der Waals surface area contributed by atoms with Gasteiger partial charge in [0.15, 0.2) is 0 Å². The monoisotopic (exact) mass is 335 g/mol. The summed E-state index contributed by atoms with van der Waals surface area (Å²) >= 11 is 0. The van der Waals surface area contributed by atoms with Crippen molar-refractivity contribution in [1.82, 2.24) is 9.97 Å². The number of hydrogen-bond acceptors (Lipinski definition) is 5. The molecule has 128 valence electrons. The minimum Gasteiger partial charge on any atom is -0.497 e. The van der Waals surface area contributed by atoms with Gasteiger partial charge in [-0.05, 0) is 48.4 Å². The van der Waals surface area contributed by atoms with E-state index in [1.807, 2.05) is 42.5 Å². The van der Waals surface area contributed by atoms with Crippen LogP contribution in [0.3, 0.4) is 0 Å². The van der Waals surface area contributed by atoms with Crippen LogP contribution in [0, 0.1) is 0 Å². The van der Waals surface area contributed by atoms with E-state index in [0.29, 0.717) is 0 Å². The van der Waals surface area contributed by atoms with Gasteiger partial charge in [-0.25, -0.2) is 9.97 Å². The molecule has 25 heavy (non-hydrogen) atoms. The number of nitrogens with zero attached hydrogens (tertiary/aromatic N) is 2. The molecule has 0 amide bonds. The Kier molecular flexibility index (Phi) is 5.46. The number of rotatable bonds is 7. The first-order valence-corrected chi connectivity index (χ1v) is 8.12. The van der Waals surface area contributed by atoms with Gasteiger partial charge in [-0.2, -0.15) is 0 Å². The fourth-order valence-corrected chi connectivity index (χ4v) is 2.50. The molecule has 3 aromatic rings. The van der Waals surface area contributed by atoms with Gasteiger partial charge in [-0.15, -0.1) is 0 Å². The third-order valence-corrected chi connectivity index (χ3v) is 3.93. The topological polar surface area (TPSA) is 56.3 Å². The molecule has 0 bridgehead atoms. The molecule has 0 spiro atoms. The second-order valence-corrected chi connectivity index (χ2v) is 5.54. The lowest BCUT2D eigenvalue weighted by Crippen LogP contribution is -2.06. The minimum atomic E-state index is 0.797. The van der Waals surface area contributed by atoms with Crippen molar-refractivity contribution in [2.75, 3.05) is 26.1 Å². The summed E-state index contributed by atoms with van der Waals surface area (Å²) in [6, 6.07) is 17.9. The molecule has 3 rings (SSSR count). The first-order chi connectivity index (χ1) is 12.3. The summed E-state index contributed by atoms with van der Waals surface area (Å²) in [5.74, 6) is 2.52. The van der Waals surface area contributed by atoms with Crippen molar-refractivity contribution in [2.45, 2.75) is 6.42 Å². The van der Waals surface area contributed by atoms with Gasteiger partial charge in [-0.3, -0.25) is 0 Å². The molecule has 1 N–H and O–H groups in total. The highest BCUT2D eigenvalue weighted by molar-refractivity contribution is 5.62. The van der Waals surface area contributed by atoms with Gasteiger partial charge in [0, 0.05) is 18.2 Å². The van der Waals surface area contributed by atoms with Crippen molar-refractivity contribution >= 4 is 5.82 Å². The Morgan fingerprint density at radius 1 is 0.840 bits per heavy atom. The normalized spacial score (nSPS) is 10.3. The van der Waals surface area contributed by atoms with Crippen LogP contribution >= 0.6 is 0 Å². The van der Waals surface area contributed by atoms with E-state index in [9.17, 15) is 0 Å². The summed E-state index contributed by atoms with van der Waals surface area (Å²) in [5, 5.41) is 3.35. The van der Waals surface area contributed by atoms with Gasteiger partial charge in [0.2, 0.25) is 0 Å². The highest BCUT2D eigenvalue weighted by atomic mass is 16.5. The van der Waals surface area contributed by atoms with Gasteiger partial charge in [0.25, 0.3) is 0 Å². The van der Waals surface area contributed by atoms with E-state index in [-0.39, 0.29) is 0 Å². The number of nitrogens with one attached hydrogen (secondary N) is 1. The predicted molar refractivity (Wildman–Crippen MR) is 99.2 cm³/mol. The molecule has 1 heterocycles. The summed E-state index contributed by atoms with van der Waals surface area (Å²) in [4.78, 5) is 8.63. The number of ether oxygens (including phenoxy) is 2. The second kappa shape index (κ2) is 8.15.